The van der Waals surface area contributed by atoms with Gasteiger partial charge in [-0.2, -0.15) is 0 Å². The number of halogens is 1. The number of thiophene rings is 1. The molecule has 0 saturated carbocycles. The van der Waals surface area contributed by atoms with Crippen molar-refractivity contribution in [2.45, 2.75) is 20.4 Å². The molecule has 18 heavy (non-hydrogen) atoms. The predicted octanol–water partition coefficient (Wildman–Crippen LogP) is 4.29. The number of anilines is 1. The van der Waals surface area contributed by atoms with Crippen molar-refractivity contribution < 1.29 is 0 Å². The van der Waals surface area contributed by atoms with Crippen molar-refractivity contribution in [3.8, 4) is 0 Å². The van der Waals surface area contributed by atoms with E-state index >= 15 is 0 Å². The number of nitrogens with two attached hydrogens (primary N) is 1. The lowest BCUT2D eigenvalue weighted by molar-refractivity contribution is 1.14. The van der Waals surface area contributed by atoms with Gasteiger partial charge in [-0.05, 0) is 48.7 Å². The number of nitrogens with one attached hydrogen (secondary N) is 1. The van der Waals surface area contributed by atoms with Crippen LogP contribution in [0.1, 0.15) is 17.4 Å². The van der Waals surface area contributed by atoms with Crippen molar-refractivity contribution in [1.82, 2.24) is 0 Å². The van der Waals surface area contributed by atoms with Crippen LogP contribution in [-0.4, -0.2) is 6.54 Å². The fourth-order valence-corrected chi connectivity index (χ4v) is 2.40. The van der Waals surface area contributed by atoms with Crippen LogP contribution in [0, 0.1) is 6.92 Å². The topological polar surface area (TPSA) is 38.0 Å². The van der Waals surface area contributed by atoms with Gasteiger partial charge in [-0.15, -0.1) is 11.3 Å². The molecule has 0 fully saturated rings. The van der Waals surface area contributed by atoms with Gasteiger partial charge in [0.1, 0.15) is 0 Å². The van der Waals surface area contributed by atoms with Gasteiger partial charge in [-0.25, -0.2) is 0 Å². The smallest absolute Gasteiger partial charge is 0.0496 e. The van der Waals surface area contributed by atoms with Crippen molar-refractivity contribution >= 4 is 28.6 Å². The van der Waals surface area contributed by atoms with Gasteiger partial charge >= 0.3 is 0 Å². The lowest BCUT2D eigenvalue weighted by Crippen LogP contribution is -1.98. The van der Waals surface area contributed by atoms with Gasteiger partial charge in [0.05, 0.1) is 0 Å². The standard InChI is InChI=1S/C12H12ClNS.C2H7N/c1-9-5-6-15-12(9)8-14-11-4-2-3-10(13)7-11;1-2-3/h2-7,14H,8H2,1H3;2-3H2,1H3. The lowest BCUT2D eigenvalue weighted by atomic mass is 10.2. The van der Waals surface area contributed by atoms with Gasteiger partial charge in [0.25, 0.3) is 0 Å². The van der Waals surface area contributed by atoms with Crippen LogP contribution in [0.5, 0.6) is 0 Å². The number of rotatable bonds is 3. The first kappa shape index (κ1) is 15.0. The SMILES string of the molecule is CCN.Cc1ccsc1CNc1cccc(Cl)c1. The fraction of sp³-hybridized carbons (Fsp3) is 0.286. The highest BCUT2D eigenvalue weighted by Gasteiger charge is 1.99. The molecule has 2 rings (SSSR count). The van der Waals surface area contributed by atoms with E-state index in [2.05, 4.69) is 23.7 Å². The van der Waals surface area contributed by atoms with Crippen molar-refractivity contribution in [2.75, 3.05) is 11.9 Å². The molecule has 0 aliphatic rings. The molecular weight excluding hydrogens is 264 g/mol. The molecular formula is C14H19ClN2S. The summed E-state index contributed by atoms with van der Waals surface area (Å²) in [6, 6.07) is 9.92. The Kier molecular flexibility index (Phi) is 6.80. The minimum Gasteiger partial charge on any atom is -0.380 e. The molecule has 1 heterocycles. The first-order valence-corrected chi connectivity index (χ1v) is 7.15. The highest BCUT2D eigenvalue weighted by atomic mass is 35.5. The van der Waals surface area contributed by atoms with Crippen LogP contribution in [0.4, 0.5) is 5.69 Å². The molecule has 0 aliphatic heterocycles. The Morgan fingerprint density at radius 3 is 2.61 bits per heavy atom. The van der Waals surface area contributed by atoms with Gasteiger partial charge in [-0.1, -0.05) is 24.6 Å². The molecule has 1 aromatic carbocycles. The lowest BCUT2D eigenvalue weighted by Gasteiger charge is -2.05. The summed E-state index contributed by atoms with van der Waals surface area (Å²) >= 11 is 7.68. The summed E-state index contributed by atoms with van der Waals surface area (Å²) < 4.78 is 0. The first-order chi connectivity index (χ1) is 8.67. The van der Waals surface area contributed by atoms with Crippen LogP contribution in [0.2, 0.25) is 5.02 Å². The Hall–Kier alpha value is -1.03. The van der Waals surface area contributed by atoms with E-state index in [-0.39, 0.29) is 0 Å². The highest BCUT2D eigenvalue weighted by Crippen LogP contribution is 2.19. The Bertz CT molecular complexity index is 468. The second-order valence-corrected chi connectivity index (χ2v) is 5.24. The highest BCUT2D eigenvalue weighted by molar-refractivity contribution is 7.10. The van der Waals surface area contributed by atoms with Crippen molar-refractivity contribution in [3.05, 3.63) is 51.2 Å². The third kappa shape index (κ3) is 5.08. The molecule has 0 radical (unpaired) electrons. The molecule has 1 aromatic heterocycles. The van der Waals surface area contributed by atoms with Crippen LogP contribution >= 0.6 is 22.9 Å². The number of hydrogen-bond acceptors (Lipinski definition) is 3. The third-order valence-corrected chi connectivity index (χ3v) is 3.50. The van der Waals surface area contributed by atoms with Crippen LogP contribution in [-0.2, 0) is 6.54 Å². The summed E-state index contributed by atoms with van der Waals surface area (Å²) in [6.45, 7) is 5.65. The minimum atomic E-state index is 0.750. The predicted molar refractivity (Wildman–Crippen MR) is 82.6 cm³/mol. The number of benzene rings is 1. The Morgan fingerprint density at radius 1 is 1.33 bits per heavy atom. The fourth-order valence-electron chi connectivity index (χ4n) is 1.37. The zero-order chi connectivity index (χ0) is 13.4. The maximum absolute atomic E-state index is 5.90. The minimum absolute atomic E-state index is 0.750. The van der Waals surface area contributed by atoms with E-state index in [4.69, 9.17) is 17.3 Å². The number of hydrogen-bond donors (Lipinski definition) is 2. The molecule has 0 spiro atoms. The van der Waals surface area contributed by atoms with Crippen molar-refractivity contribution in [2.24, 2.45) is 5.73 Å². The van der Waals surface area contributed by atoms with Gasteiger partial charge in [0.2, 0.25) is 0 Å². The van der Waals surface area contributed by atoms with Crippen molar-refractivity contribution in [3.63, 3.8) is 0 Å². The molecule has 0 amide bonds. The molecule has 4 heteroatoms. The van der Waals surface area contributed by atoms with Gasteiger partial charge < -0.3 is 11.1 Å². The summed E-state index contributed by atoms with van der Waals surface area (Å²) in [4.78, 5) is 1.37. The van der Waals surface area contributed by atoms with E-state index in [0.29, 0.717) is 0 Å². The number of aryl methyl sites for hydroxylation is 1. The van der Waals surface area contributed by atoms with Crippen LogP contribution < -0.4 is 11.1 Å². The quantitative estimate of drug-likeness (QED) is 0.881. The molecule has 0 bridgehead atoms. The monoisotopic (exact) mass is 282 g/mol. The largest absolute Gasteiger partial charge is 0.380 e. The summed E-state index contributed by atoms with van der Waals surface area (Å²) in [7, 11) is 0. The molecule has 0 atom stereocenters. The van der Waals surface area contributed by atoms with Gasteiger partial charge in [0.15, 0.2) is 0 Å². The summed E-state index contributed by atoms with van der Waals surface area (Å²) in [5.74, 6) is 0. The Balaban J connectivity index is 0.000000492. The average molecular weight is 283 g/mol. The van der Waals surface area contributed by atoms with Crippen LogP contribution in [0.25, 0.3) is 0 Å². The van der Waals surface area contributed by atoms with E-state index < -0.39 is 0 Å². The summed E-state index contributed by atoms with van der Waals surface area (Å²) in [5.41, 5.74) is 7.25. The van der Waals surface area contributed by atoms with E-state index in [1.165, 1.54) is 10.4 Å². The van der Waals surface area contributed by atoms with E-state index in [1.54, 1.807) is 11.3 Å². The average Bonchev–Trinajstić information content (AvgIpc) is 2.73. The molecule has 98 valence electrons. The summed E-state index contributed by atoms with van der Waals surface area (Å²) in [5, 5.41) is 6.24. The van der Waals surface area contributed by atoms with E-state index in [0.717, 1.165) is 23.8 Å². The molecule has 0 aliphatic carbocycles. The molecule has 0 unspecified atom stereocenters. The second kappa shape index (κ2) is 8.14. The molecule has 2 aromatic rings. The maximum Gasteiger partial charge on any atom is 0.0496 e. The molecule has 2 nitrogen and oxygen atoms in total. The van der Waals surface area contributed by atoms with Crippen LogP contribution in [0.15, 0.2) is 35.7 Å². The van der Waals surface area contributed by atoms with E-state index in [9.17, 15) is 0 Å². The van der Waals surface area contributed by atoms with Crippen molar-refractivity contribution in [1.29, 1.82) is 0 Å². The Morgan fingerprint density at radius 2 is 2.06 bits per heavy atom. The Labute approximate surface area is 118 Å². The van der Waals surface area contributed by atoms with Gasteiger partial charge in [0, 0.05) is 22.1 Å². The van der Waals surface area contributed by atoms with E-state index in [1.807, 2.05) is 31.2 Å². The second-order valence-electron chi connectivity index (χ2n) is 3.80. The molecule has 0 saturated heterocycles. The zero-order valence-corrected chi connectivity index (χ0v) is 12.3. The summed E-state index contributed by atoms with van der Waals surface area (Å²) in [6.07, 6.45) is 0. The zero-order valence-electron chi connectivity index (χ0n) is 10.7. The molecule has 3 N–H and O–H groups in total. The third-order valence-electron chi connectivity index (χ3n) is 2.25. The first-order valence-electron chi connectivity index (χ1n) is 5.89. The van der Waals surface area contributed by atoms with Gasteiger partial charge in [-0.3, -0.25) is 0 Å². The maximum atomic E-state index is 5.90. The normalized spacial score (nSPS) is 9.56. The van der Waals surface area contributed by atoms with Crippen LogP contribution in [0.3, 0.4) is 0 Å².